The maximum atomic E-state index is 14.2. The highest BCUT2D eigenvalue weighted by atomic mass is 32.2. The molecule has 0 amide bonds. The largest absolute Gasteiger partial charge is 0.497 e. The van der Waals surface area contributed by atoms with E-state index < -0.39 is 0 Å². The van der Waals surface area contributed by atoms with Gasteiger partial charge in [0.1, 0.15) is 11.6 Å². The Morgan fingerprint density at radius 3 is 2.35 bits per heavy atom. The van der Waals surface area contributed by atoms with Crippen LogP contribution in [-0.2, 0) is 0 Å². The molecule has 0 heterocycles. The summed E-state index contributed by atoms with van der Waals surface area (Å²) in [6.07, 6.45) is 2.04. The number of hydrogen-bond acceptors (Lipinski definition) is 3. The first kappa shape index (κ1) is 14.9. The van der Waals surface area contributed by atoms with E-state index >= 15 is 0 Å². The van der Waals surface area contributed by atoms with Crippen molar-refractivity contribution >= 4 is 11.8 Å². The first-order chi connectivity index (χ1) is 9.69. The molecule has 0 bridgehead atoms. The van der Waals surface area contributed by atoms with Crippen molar-refractivity contribution in [3.05, 3.63) is 59.4 Å². The monoisotopic (exact) mass is 291 g/mol. The van der Waals surface area contributed by atoms with Crippen molar-refractivity contribution in [3.8, 4) is 5.75 Å². The molecule has 0 aliphatic rings. The molecule has 4 heteroatoms. The highest BCUT2D eigenvalue weighted by Crippen LogP contribution is 2.28. The van der Waals surface area contributed by atoms with Crippen molar-refractivity contribution in [3.63, 3.8) is 0 Å². The van der Waals surface area contributed by atoms with Gasteiger partial charge in [0.15, 0.2) is 0 Å². The van der Waals surface area contributed by atoms with E-state index in [1.807, 2.05) is 37.6 Å². The van der Waals surface area contributed by atoms with Gasteiger partial charge in [-0.3, -0.25) is 0 Å². The third-order valence-corrected chi connectivity index (χ3v) is 4.00. The Hall–Kier alpha value is -1.52. The van der Waals surface area contributed by atoms with Crippen LogP contribution in [0.2, 0.25) is 0 Å². The van der Waals surface area contributed by atoms with Gasteiger partial charge in [-0.1, -0.05) is 18.2 Å². The Bertz CT molecular complexity index is 571. The lowest BCUT2D eigenvalue weighted by Gasteiger charge is -2.18. The fourth-order valence-electron chi connectivity index (χ4n) is 2.17. The summed E-state index contributed by atoms with van der Waals surface area (Å²) in [6, 6.07) is 12.9. The summed E-state index contributed by atoms with van der Waals surface area (Å²) >= 11 is 1.69. The average molecular weight is 291 g/mol. The van der Waals surface area contributed by atoms with Gasteiger partial charge in [0.25, 0.3) is 0 Å². The predicted octanol–water partition coefficient (Wildman–Crippen LogP) is 3.87. The molecule has 2 aromatic rings. The molecule has 2 rings (SSSR count). The Kier molecular flexibility index (Phi) is 5.04. The second kappa shape index (κ2) is 6.77. The van der Waals surface area contributed by atoms with Crippen LogP contribution in [0.25, 0.3) is 0 Å². The standard InChI is InChI=1S/C16H18FNOS/c1-18-16(11-4-7-13(20-3)8-5-11)14-9-6-12(19-2)10-15(14)17/h4-10,16,18H,1-3H3. The van der Waals surface area contributed by atoms with Crippen molar-refractivity contribution in [2.75, 3.05) is 20.4 Å². The van der Waals surface area contributed by atoms with Crippen molar-refractivity contribution in [2.45, 2.75) is 10.9 Å². The van der Waals surface area contributed by atoms with E-state index in [2.05, 4.69) is 5.32 Å². The molecule has 1 atom stereocenters. The maximum Gasteiger partial charge on any atom is 0.132 e. The number of rotatable bonds is 5. The summed E-state index contributed by atoms with van der Waals surface area (Å²) in [4.78, 5) is 1.19. The van der Waals surface area contributed by atoms with Crippen LogP contribution in [-0.4, -0.2) is 20.4 Å². The van der Waals surface area contributed by atoms with Gasteiger partial charge in [-0.2, -0.15) is 0 Å². The van der Waals surface area contributed by atoms with Crippen LogP contribution in [0.3, 0.4) is 0 Å². The van der Waals surface area contributed by atoms with Gasteiger partial charge in [0.2, 0.25) is 0 Å². The molecular weight excluding hydrogens is 273 g/mol. The lowest BCUT2D eigenvalue weighted by molar-refractivity contribution is 0.410. The van der Waals surface area contributed by atoms with Crippen LogP contribution in [0.4, 0.5) is 4.39 Å². The number of benzene rings is 2. The van der Waals surface area contributed by atoms with Crippen molar-refractivity contribution in [1.82, 2.24) is 5.32 Å². The minimum Gasteiger partial charge on any atom is -0.497 e. The molecule has 2 aromatic carbocycles. The number of thioether (sulfide) groups is 1. The second-order valence-electron chi connectivity index (χ2n) is 4.38. The molecule has 2 nitrogen and oxygen atoms in total. The molecule has 0 aliphatic heterocycles. The Balaban J connectivity index is 2.35. The van der Waals surface area contributed by atoms with E-state index in [0.717, 1.165) is 5.56 Å². The highest BCUT2D eigenvalue weighted by Gasteiger charge is 2.16. The van der Waals surface area contributed by atoms with Crippen molar-refractivity contribution in [1.29, 1.82) is 0 Å². The normalized spacial score (nSPS) is 12.2. The molecule has 0 saturated carbocycles. The van der Waals surface area contributed by atoms with Gasteiger partial charge in [-0.05, 0) is 37.1 Å². The summed E-state index contributed by atoms with van der Waals surface area (Å²) in [7, 11) is 3.36. The minimum atomic E-state index is -0.266. The first-order valence-electron chi connectivity index (χ1n) is 6.34. The summed E-state index contributed by atoms with van der Waals surface area (Å²) in [5.41, 5.74) is 1.65. The Morgan fingerprint density at radius 2 is 1.85 bits per heavy atom. The third-order valence-electron chi connectivity index (χ3n) is 3.26. The fourth-order valence-corrected chi connectivity index (χ4v) is 2.58. The SMILES string of the molecule is CNC(c1ccc(SC)cc1)c1ccc(OC)cc1F. The molecule has 0 saturated heterocycles. The predicted molar refractivity (Wildman–Crippen MR) is 82.1 cm³/mol. The van der Waals surface area contributed by atoms with Crippen molar-refractivity contribution in [2.24, 2.45) is 0 Å². The molecular formula is C16H18FNOS. The molecule has 0 spiro atoms. The zero-order valence-electron chi connectivity index (χ0n) is 11.8. The van der Waals surface area contributed by atoms with Crippen LogP contribution in [0.5, 0.6) is 5.75 Å². The van der Waals surface area contributed by atoms with Gasteiger partial charge in [0, 0.05) is 16.5 Å². The lowest BCUT2D eigenvalue weighted by atomic mass is 9.98. The van der Waals surface area contributed by atoms with E-state index in [9.17, 15) is 4.39 Å². The molecule has 0 radical (unpaired) electrons. The molecule has 0 aromatic heterocycles. The molecule has 1 N–H and O–H groups in total. The van der Waals surface area contributed by atoms with Crippen LogP contribution in [0.15, 0.2) is 47.4 Å². The third kappa shape index (κ3) is 3.14. The number of halogens is 1. The molecule has 1 unspecified atom stereocenters. The summed E-state index contributed by atoms with van der Waals surface area (Å²) in [5.74, 6) is 0.261. The molecule has 106 valence electrons. The Labute approximate surface area is 123 Å². The molecule has 0 fully saturated rings. The summed E-state index contributed by atoms with van der Waals surface area (Å²) < 4.78 is 19.2. The van der Waals surface area contributed by atoms with Gasteiger partial charge in [-0.25, -0.2) is 4.39 Å². The molecule has 0 aliphatic carbocycles. The van der Waals surface area contributed by atoms with E-state index in [4.69, 9.17) is 4.74 Å². The Morgan fingerprint density at radius 1 is 1.15 bits per heavy atom. The van der Waals surface area contributed by atoms with Gasteiger partial charge >= 0.3 is 0 Å². The highest BCUT2D eigenvalue weighted by molar-refractivity contribution is 7.98. The lowest BCUT2D eigenvalue weighted by Crippen LogP contribution is -2.18. The van der Waals surface area contributed by atoms with Crippen LogP contribution < -0.4 is 10.1 Å². The number of methoxy groups -OCH3 is 1. The average Bonchev–Trinajstić information content (AvgIpc) is 2.50. The van der Waals surface area contributed by atoms with Gasteiger partial charge < -0.3 is 10.1 Å². The fraction of sp³-hybridized carbons (Fsp3) is 0.250. The second-order valence-corrected chi connectivity index (χ2v) is 5.26. The number of nitrogens with one attached hydrogen (secondary N) is 1. The number of hydrogen-bond donors (Lipinski definition) is 1. The smallest absolute Gasteiger partial charge is 0.132 e. The van der Waals surface area contributed by atoms with Gasteiger partial charge in [0.05, 0.1) is 13.2 Å². The number of ether oxygens (including phenoxy) is 1. The van der Waals surface area contributed by atoms with Crippen LogP contribution >= 0.6 is 11.8 Å². The summed E-state index contributed by atoms with van der Waals surface area (Å²) in [6.45, 7) is 0. The topological polar surface area (TPSA) is 21.3 Å². The van der Waals surface area contributed by atoms with Crippen LogP contribution in [0, 0.1) is 5.82 Å². The zero-order valence-corrected chi connectivity index (χ0v) is 12.6. The van der Waals surface area contributed by atoms with E-state index in [0.29, 0.717) is 11.3 Å². The molecule has 20 heavy (non-hydrogen) atoms. The quantitative estimate of drug-likeness (QED) is 0.845. The maximum absolute atomic E-state index is 14.2. The van der Waals surface area contributed by atoms with E-state index in [-0.39, 0.29) is 11.9 Å². The van der Waals surface area contributed by atoms with E-state index in [1.54, 1.807) is 23.9 Å². The van der Waals surface area contributed by atoms with Crippen LogP contribution in [0.1, 0.15) is 17.2 Å². The van der Waals surface area contributed by atoms with Gasteiger partial charge in [-0.15, -0.1) is 11.8 Å². The summed E-state index contributed by atoms with van der Waals surface area (Å²) in [5, 5.41) is 3.16. The minimum absolute atomic E-state index is 0.170. The zero-order chi connectivity index (χ0) is 14.5. The van der Waals surface area contributed by atoms with Crippen molar-refractivity contribution < 1.29 is 9.13 Å². The van der Waals surface area contributed by atoms with E-state index in [1.165, 1.54) is 18.1 Å². The first-order valence-corrected chi connectivity index (χ1v) is 7.56.